The summed E-state index contributed by atoms with van der Waals surface area (Å²) in [5.74, 6) is 0. The lowest BCUT2D eigenvalue weighted by Crippen LogP contribution is -2.10. The van der Waals surface area contributed by atoms with Gasteiger partial charge in [-0.2, -0.15) is 5.26 Å². The molecule has 0 fully saturated rings. The Bertz CT molecular complexity index is 707. The molecule has 1 aromatic heterocycles. The topological polar surface area (TPSA) is 36.1 Å². The number of aliphatic imine (C=N–C) groups is 1. The second kappa shape index (κ2) is 5.83. The van der Waals surface area contributed by atoms with Crippen LogP contribution in [0.4, 0.5) is 5.00 Å². The third-order valence-electron chi connectivity index (χ3n) is 3.59. The second-order valence-electron chi connectivity index (χ2n) is 6.21. The Hall–Kier alpha value is -1.92. The van der Waals surface area contributed by atoms with E-state index < -0.39 is 0 Å². The van der Waals surface area contributed by atoms with Crippen molar-refractivity contribution in [2.45, 2.75) is 40.0 Å². The van der Waals surface area contributed by atoms with Crippen molar-refractivity contribution in [2.24, 2.45) is 4.99 Å². The number of benzene rings is 1. The Morgan fingerprint density at radius 3 is 2.29 bits per heavy atom. The van der Waals surface area contributed by atoms with Crippen molar-refractivity contribution in [3.8, 4) is 6.07 Å². The predicted octanol–water partition coefficient (Wildman–Crippen LogP) is 5.28. The zero-order valence-electron chi connectivity index (χ0n) is 13.2. The number of nitriles is 1. The minimum absolute atomic E-state index is 0.158. The van der Waals surface area contributed by atoms with Crippen LogP contribution in [0.25, 0.3) is 0 Å². The molecule has 0 spiro atoms. The van der Waals surface area contributed by atoms with Crippen LogP contribution in [0.3, 0.4) is 0 Å². The summed E-state index contributed by atoms with van der Waals surface area (Å²) in [5.41, 5.74) is 4.25. The van der Waals surface area contributed by atoms with Crippen LogP contribution in [0.1, 0.15) is 47.9 Å². The van der Waals surface area contributed by atoms with E-state index in [-0.39, 0.29) is 5.41 Å². The van der Waals surface area contributed by atoms with Crippen LogP contribution < -0.4 is 0 Å². The van der Waals surface area contributed by atoms with Crippen LogP contribution in [0.15, 0.2) is 29.3 Å². The summed E-state index contributed by atoms with van der Waals surface area (Å²) >= 11 is 1.57. The molecule has 3 heteroatoms. The first-order valence-corrected chi connectivity index (χ1v) is 7.79. The summed E-state index contributed by atoms with van der Waals surface area (Å²) in [4.78, 5) is 5.65. The lowest BCUT2D eigenvalue weighted by molar-refractivity contribution is 0.590. The number of nitrogens with zero attached hydrogens (tertiary/aromatic N) is 2. The maximum Gasteiger partial charge on any atom is 0.134 e. The van der Waals surface area contributed by atoms with Gasteiger partial charge in [-0.25, -0.2) is 4.99 Å². The number of thiophene rings is 1. The van der Waals surface area contributed by atoms with E-state index in [1.807, 2.05) is 20.1 Å². The number of aryl methyl sites for hydroxylation is 1. The van der Waals surface area contributed by atoms with E-state index in [0.717, 1.165) is 21.0 Å². The third-order valence-corrected chi connectivity index (χ3v) is 4.70. The van der Waals surface area contributed by atoms with E-state index in [1.54, 1.807) is 11.3 Å². The van der Waals surface area contributed by atoms with E-state index in [4.69, 9.17) is 0 Å². The zero-order valence-corrected chi connectivity index (χ0v) is 14.0. The summed E-state index contributed by atoms with van der Waals surface area (Å²) in [7, 11) is 0. The molecule has 0 N–H and O–H groups in total. The first kappa shape index (κ1) is 15.5. The molecule has 0 saturated carbocycles. The predicted molar refractivity (Wildman–Crippen MR) is 90.9 cm³/mol. The van der Waals surface area contributed by atoms with Crippen LogP contribution in [0.2, 0.25) is 0 Å². The molecule has 0 atom stereocenters. The van der Waals surface area contributed by atoms with Gasteiger partial charge in [0.15, 0.2) is 0 Å². The van der Waals surface area contributed by atoms with Crippen molar-refractivity contribution >= 4 is 22.6 Å². The Morgan fingerprint density at radius 1 is 1.14 bits per heavy atom. The van der Waals surface area contributed by atoms with E-state index in [2.05, 4.69) is 56.1 Å². The van der Waals surface area contributed by atoms with Crippen LogP contribution in [0.5, 0.6) is 0 Å². The maximum absolute atomic E-state index is 9.22. The van der Waals surface area contributed by atoms with E-state index in [9.17, 15) is 5.26 Å². The third kappa shape index (κ3) is 3.40. The van der Waals surface area contributed by atoms with Gasteiger partial charge in [0.1, 0.15) is 11.1 Å². The molecule has 0 aliphatic rings. The Morgan fingerprint density at radius 2 is 1.76 bits per heavy atom. The van der Waals surface area contributed by atoms with Gasteiger partial charge in [0.05, 0.1) is 5.56 Å². The quantitative estimate of drug-likeness (QED) is 0.694. The highest BCUT2D eigenvalue weighted by Crippen LogP contribution is 2.34. The number of rotatable bonds is 2. The minimum atomic E-state index is 0.158. The first-order chi connectivity index (χ1) is 9.82. The summed E-state index contributed by atoms with van der Waals surface area (Å²) in [6, 6.07) is 10.7. The molecule has 2 rings (SSSR count). The van der Waals surface area contributed by atoms with Gasteiger partial charge in [0.2, 0.25) is 0 Å². The smallest absolute Gasteiger partial charge is 0.134 e. The molecule has 0 unspecified atom stereocenters. The lowest BCUT2D eigenvalue weighted by Gasteiger charge is -2.18. The summed E-state index contributed by atoms with van der Waals surface area (Å²) < 4.78 is 0. The molecule has 1 heterocycles. The fourth-order valence-corrected chi connectivity index (χ4v) is 2.99. The Kier molecular flexibility index (Phi) is 4.29. The molecule has 2 nitrogen and oxygen atoms in total. The van der Waals surface area contributed by atoms with E-state index in [1.165, 1.54) is 5.56 Å². The average molecular weight is 296 g/mol. The van der Waals surface area contributed by atoms with Crippen molar-refractivity contribution in [1.82, 2.24) is 0 Å². The fourth-order valence-electron chi connectivity index (χ4n) is 2.03. The van der Waals surface area contributed by atoms with Gasteiger partial charge >= 0.3 is 0 Å². The molecule has 2 aromatic rings. The van der Waals surface area contributed by atoms with Crippen molar-refractivity contribution in [1.29, 1.82) is 5.26 Å². The van der Waals surface area contributed by atoms with Crippen molar-refractivity contribution in [3.63, 3.8) is 0 Å². The van der Waals surface area contributed by atoms with E-state index >= 15 is 0 Å². The molecule has 0 aliphatic carbocycles. The van der Waals surface area contributed by atoms with E-state index in [0.29, 0.717) is 5.56 Å². The zero-order chi connectivity index (χ0) is 15.6. The first-order valence-electron chi connectivity index (χ1n) is 6.97. The highest BCUT2D eigenvalue weighted by Gasteiger charge is 2.13. The monoisotopic (exact) mass is 296 g/mol. The van der Waals surface area contributed by atoms with Gasteiger partial charge in [-0.1, -0.05) is 45.0 Å². The van der Waals surface area contributed by atoms with Gasteiger partial charge in [-0.3, -0.25) is 0 Å². The van der Waals surface area contributed by atoms with Gasteiger partial charge in [0.25, 0.3) is 0 Å². The molecule has 0 radical (unpaired) electrons. The standard InChI is InChI=1S/C18H20N2S/c1-12-13(2)21-17(16(12)10-19)20-11-14-6-8-15(9-7-14)18(3,4)5/h6-9,11H,1-5H3. The van der Waals surface area contributed by atoms with Crippen LogP contribution in [-0.4, -0.2) is 6.21 Å². The molecule has 21 heavy (non-hydrogen) atoms. The maximum atomic E-state index is 9.22. The molecule has 1 aromatic carbocycles. The fraction of sp³-hybridized carbons (Fsp3) is 0.333. The highest BCUT2D eigenvalue weighted by atomic mass is 32.1. The lowest BCUT2D eigenvalue weighted by atomic mass is 9.87. The molecule has 0 amide bonds. The molecule has 0 bridgehead atoms. The Labute approximate surface area is 130 Å². The minimum Gasteiger partial charge on any atom is -0.244 e. The molecule has 0 saturated heterocycles. The highest BCUT2D eigenvalue weighted by molar-refractivity contribution is 7.16. The SMILES string of the molecule is Cc1sc(N=Cc2ccc(C(C)(C)C)cc2)c(C#N)c1C. The Balaban J connectivity index is 2.27. The molecular weight excluding hydrogens is 276 g/mol. The molecule has 0 aliphatic heterocycles. The van der Waals surface area contributed by atoms with Crippen LogP contribution >= 0.6 is 11.3 Å². The molecule has 108 valence electrons. The summed E-state index contributed by atoms with van der Waals surface area (Å²) in [5, 5.41) is 10.0. The summed E-state index contributed by atoms with van der Waals surface area (Å²) in [6.07, 6.45) is 1.83. The number of hydrogen-bond acceptors (Lipinski definition) is 3. The van der Waals surface area contributed by atoms with Gasteiger partial charge in [-0.05, 0) is 36.0 Å². The van der Waals surface area contributed by atoms with Gasteiger partial charge < -0.3 is 0 Å². The van der Waals surface area contributed by atoms with Crippen molar-refractivity contribution < 1.29 is 0 Å². The summed E-state index contributed by atoms with van der Waals surface area (Å²) in [6.45, 7) is 10.6. The largest absolute Gasteiger partial charge is 0.244 e. The normalized spacial score (nSPS) is 11.8. The molecular formula is C18H20N2S. The van der Waals surface area contributed by atoms with Crippen molar-refractivity contribution in [3.05, 3.63) is 51.4 Å². The average Bonchev–Trinajstić information content (AvgIpc) is 2.71. The number of hydrogen-bond donors (Lipinski definition) is 0. The van der Waals surface area contributed by atoms with Gasteiger partial charge in [-0.15, -0.1) is 11.3 Å². The van der Waals surface area contributed by atoms with Gasteiger partial charge in [0, 0.05) is 11.1 Å². The van der Waals surface area contributed by atoms with Crippen molar-refractivity contribution in [2.75, 3.05) is 0 Å². The van der Waals surface area contributed by atoms with Crippen LogP contribution in [-0.2, 0) is 5.41 Å². The second-order valence-corrected chi connectivity index (χ2v) is 7.41. The van der Waals surface area contributed by atoms with Crippen LogP contribution in [0, 0.1) is 25.2 Å².